The molecular weight excluding hydrogens is 889 g/mol. The fourth-order valence-corrected chi connectivity index (χ4v) is 7.93. The van der Waals surface area contributed by atoms with Gasteiger partial charge in [0.05, 0.1) is 46.7 Å². The Morgan fingerprint density at radius 2 is 1.02 bits per heavy atom. The highest BCUT2D eigenvalue weighted by atomic mass is 35.5. The summed E-state index contributed by atoms with van der Waals surface area (Å²) in [6.45, 7) is 5.78. The zero-order valence-corrected chi connectivity index (χ0v) is 38.1. The number of halogens is 4. The summed E-state index contributed by atoms with van der Waals surface area (Å²) in [6, 6.07) is 15.6. The number of likely N-dealkylation sites (tertiary alicyclic amines) is 2. The SMILES string of the molecule is COc1cc2ncnc(Nc3ccc(F)c(Cl)c3)c2cc1NC(=O)/C=C/CN1CCCCC1.COc1cc2ncnc(Nc3ccc(F)c(Cl)c3)c2cc1NC(=O)/C=C/CN1CCCCC1. The highest BCUT2D eigenvalue weighted by Crippen LogP contribution is 2.35. The Morgan fingerprint density at radius 1 is 0.606 bits per heavy atom. The van der Waals surface area contributed by atoms with Gasteiger partial charge < -0.3 is 30.7 Å². The molecule has 6 aromatic rings. The predicted octanol–water partition coefficient (Wildman–Crippen LogP) is 10.3. The summed E-state index contributed by atoms with van der Waals surface area (Å²) >= 11 is 11.8. The van der Waals surface area contributed by atoms with Crippen LogP contribution in [0.15, 0.2) is 97.6 Å². The molecule has 0 radical (unpaired) electrons. The minimum Gasteiger partial charge on any atom is -0.494 e. The van der Waals surface area contributed by atoms with Crippen molar-refractivity contribution < 1.29 is 27.8 Å². The number of nitrogens with one attached hydrogen (secondary N) is 4. The van der Waals surface area contributed by atoms with E-state index in [-0.39, 0.29) is 21.9 Å². The molecule has 0 bridgehead atoms. The van der Waals surface area contributed by atoms with E-state index < -0.39 is 11.6 Å². The molecular formula is C48H50Cl2F2N10O4. The quantitative estimate of drug-likeness (QED) is 0.0767. The van der Waals surface area contributed by atoms with Crippen LogP contribution in [0.3, 0.4) is 0 Å². The largest absolute Gasteiger partial charge is 0.494 e. The molecule has 18 heteroatoms. The van der Waals surface area contributed by atoms with E-state index in [1.807, 2.05) is 12.2 Å². The predicted molar refractivity (Wildman–Crippen MR) is 258 cm³/mol. The molecule has 2 aliphatic heterocycles. The second kappa shape index (κ2) is 23.1. The number of hydrogen-bond acceptors (Lipinski definition) is 12. The maximum Gasteiger partial charge on any atom is 0.248 e. The van der Waals surface area contributed by atoms with Crippen LogP contribution in [0.2, 0.25) is 10.0 Å². The molecule has 2 amide bonds. The lowest BCUT2D eigenvalue weighted by Gasteiger charge is -2.24. The van der Waals surface area contributed by atoms with Gasteiger partial charge in [-0.3, -0.25) is 19.4 Å². The molecule has 14 nitrogen and oxygen atoms in total. The van der Waals surface area contributed by atoms with Crippen molar-refractivity contribution in [3.05, 3.63) is 119 Å². The van der Waals surface area contributed by atoms with Crippen molar-refractivity contribution in [3.8, 4) is 11.5 Å². The number of nitrogens with zero attached hydrogens (tertiary/aromatic N) is 6. The van der Waals surface area contributed by atoms with Crippen LogP contribution in [0.5, 0.6) is 11.5 Å². The van der Waals surface area contributed by atoms with Gasteiger partial charge in [0.25, 0.3) is 0 Å². The fourth-order valence-electron chi connectivity index (χ4n) is 7.57. The molecule has 4 aromatic carbocycles. The molecule has 0 saturated carbocycles. The molecule has 4 N–H and O–H groups in total. The Bertz CT molecular complexity index is 2550. The number of amides is 2. The molecule has 4 heterocycles. The van der Waals surface area contributed by atoms with E-state index in [1.165, 1.54) is 89.7 Å². The standard InChI is InChI=1S/2C24H25ClFN5O2/c2*1-33-22-14-20-17(24(28-15-27-20)29-16-7-8-19(26)18(25)12-16)13-21(22)30-23(32)6-5-11-31-9-3-2-4-10-31/h2*5-8,12-15H,2-4,9-11H2,1H3,(H,30,32)(H,27,28,29)/b2*6-5+. The van der Waals surface area contributed by atoms with Crippen LogP contribution in [0.4, 0.5) is 43.2 Å². The zero-order valence-electron chi connectivity index (χ0n) is 36.6. The number of fused-ring (bicyclic) bond motifs is 2. The van der Waals surface area contributed by atoms with Gasteiger partial charge in [-0.05, 0) is 100 Å². The number of hydrogen-bond donors (Lipinski definition) is 4. The lowest BCUT2D eigenvalue weighted by atomic mass is 10.1. The van der Waals surface area contributed by atoms with Crippen molar-refractivity contribution in [3.63, 3.8) is 0 Å². The molecule has 0 aliphatic carbocycles. The number of benzene rings is 4. The first-order chi connectivity index (χ1) is 32.1. The fraction of sp³-hybridized carbons (Fsp3) is 0.292. The lowest BCUT2D eigenvalue weighted by Crippen LogP contribution is -2.29. The summed E-state index contributed by atoms with van der Waals surface area (Å²) in [7, 11) is 3.06. The van der Waals surface area contributed by atoms with Crippen molar-refractivity contribution in [2.45, 2.75) is 38.5 Å². The van der Waals surface area contributed by atoms with Crippen LogP contribution in [0, 0.1) is 11.6 Å². The van der Waals surface area contributed by atoms with Gasteiger partial charge in [-0.15, -0.1) is 0 Å². The lowest BCUT2D eigenvalue weighted by molar-refractivity contribution is -0.112. The van der Waals surface area contributed by atoms with E-state index in [4.69, 9.17) is 32.7 Å². The first-order valence-electron chi connectivity index (χ1n) is 21.6. The number of ether oxygens (including phenoxy) is 2. The van der Waals surface area contributed by atoms with Crippen LogP contribution in [-0.4, -0.2) is 95.0 Å². The Hall–Kier alpha value is -6.46. The van der Waals surface area contributed by atoms with Crippen molar-refractivity contribution in [2.24, 2.45) is 0 Å². The van der Waals surface area contributed by atoms with Gasteiger partial charge in [-0.1, -0.05) is 48.2 Å². The van der Waals surface area contributed by atoms with Crippen LogP contribution < -0.4 is 30.7 Å². The van der Waals surface area contributed by atoms with E-state index in [0.29, 0.717) is 67.7 Å². The first-order valence-corrected chi connectivity index (χ1v) is 22.3. The highest BCUT2D eigenvalue weighted by molar-refractivity contribution is 6.31. The van der Waals surface area contributed by atoms with E-state index in [1.54, 1.807) is 48.6 Å². The highest BCUT2D eigenvalue weighted by Gasteiger charge is 2.16. The van der Waals surface area contributed by atoms with Crippen molar-refractivity contribution >= 4 is 91.2 Å². The number of methoxy groups -OCH3 is 2. The van der Waals surface area contributed by atoms with E-state index in [2.05, 4.69) is 51.0 Å². The molecule has 2 aliphatic rings. The van der Waals surface area contributed by atoms with E-state index >= 15 is 0 Å². The summed E-state index contributed by atoms with van der Waals surface area (Å²) in [5.41, 5.74) is 3.37. The van der Waals surface area contributed by atoms with Crippen molar-refractivity contribution in [1.82, 2.24) is 29.7 Å². The van der Waals surface area contributed by atoms with Crippen molar-refractivity contribution in [1.29, 1.82) is 0 Å². The number of piperidine rings is 2. The third-order valence-electron chi connectivity index (χ3n) is 11.0. The average molecular weight is 940 g/mol. The number of anilines is 6. The molecule has 66 heavy (non-hydrogen) atoms. The monoisotopic (exact) mass is 938 g/mol. The van der Waals surface area contributed by atoms with Crippen LogP contribution in [0.1, 0.15) is 38.5 Å². The zero-order chi connectivity index (χ0) is 46.4. The Balaban J connectivity index is 0.000000196. The summed E-state index contributed by atoms with van der Waals surface area (Å²) in [4.78, 5) is 46.9. The van der Waals surface area contributed by atoms with Gasteiger partial charge in [0, 0.05) is 59.5 Å². The van der Waals surface area contributed by atoms with Crippen LogP contribution in [-0.2, 0) is 9.59 Å². The molecule has 2 saturated heterocycles. The summed E-state index contributed by atoms with van der Waals surface area (Å²) in [6.07, 6.45) is 17.0. The Morgan fingerprint density at radius 3 is 1.39 bits per heavy atom. The summed E-state index contributed by atoms with van der Waals surface area (Å²) in [5, 5.41) is 13.3. The molecule has 0 spiro atoms. The molecule has 2 fully saturated rings. The number of rotatable bonds is 14. The first kappa shape index (κ1) is 47.5. The molecule has 0 atom stereocenters. The second-order valence-electron chi connectivity index (χ2n) is 15.6. The Labute approximate surface area is 391 Å². The van der Waals surface area contributed by atoms with Gasteiger partial charge in [0.15, 0.2) is 0 Å². The normalized spacial score (nSPS) is 14.5. The van der Waals surface area contributed by atoms with Crippen LogP contribution >= 0.6 is 23.2 Å². The van der Waals surface area contributed by atoms with Gasteiger partial charge >= 0.3 is 0 Å². The van der Waals surface area contributed by atoms with Gasteiger partial charge in [-0.2, -0.15) is 0 Å². The molecule has 8 rings (SSSR count). The number of carbonyl (C=O) groups is 2. The second-order valence-corrected chi connectivity index (χ2v) is 16.4. The third-order valence-corrected chi connectivity index (χ3v) is 11.5. The molecule has 2 aromatic heterocycles. The Kier molecular flexibility index (Phi) is 16.6. The maximum absolute atomic E-state index is 13.5. The van der Waals surface area contributed by atoms with E-state index in [9.17, 15) is 18.4 Å². The summed E-state index contributed by atoms with van der Waals surface area (Å²) < 4.78 is 37.9. The number of aromatic nitrogens is 4. The third kappa shape index (κ3) is 12.9. The minimum absolute atomic E-state index is 0.00400. The average Bonchev–Trinajstić information content (AvgIpc) is 3.32. The molecule has 0 unspecified atom stereocenters. The van der Waals surface area contributed by atoms with E-state index in [0.717, 1.165) is 39.3 Å². The van der Waals surface area contributed by atoms with Crippen LogP contribution in [0.25, 0.3) is 21.8 Å². The maximum atomic E-state index is 13.5. The van der Waals surface area contributed by atoms with Gasteiger partial charge in [0.1, 0.15) is 47.4 Å². The number of carbonyl (C=O) groups excluding carboxylic acids is 2. The topological polar surface area (TPSA) is 159 Å². The van der Waals surface area contributed by atoms with Gasteiger partial charge in [-0.25, -0.2) is 28.7 Å². The van der Waals surface area contributed by atoms with Crippen molar-refractivity contribution in [2.75, 3.05) is 74.8 Å². The minimum atomic E-state index is -0.502. The smallest absolute Gasteiger partial charge is 0.248 e. The molecule has 344 valence electrons. The summed E-state index contributed by atoms with van der Waals surface area (Å²) in [5.74, 6) is 0.436. The van der Waals surface area contributed by atoms with Gasteiger partial charge in [0.2, 0.25) is 11.8 Å².